The molecule has 11 aromatic rings. The van der Waals surface area contributed by atoms with Crippen LogP contribution in [-0.2, 0) is 0 Å². The van der Waals surface area contributed by atoms with Gasteiger partial charge in [-0.05, 0) is 65.0 Å². The molecular formula is C46H27NS3. The summed E-state index contributed by atoms with van der Waals surface area (Å²) in [5.74, 6) is 0. The van der Waals surface area contributed by atoms with E-state index in [2.05, 4.69) is 169 Å². The molecule has 0 spiro atoms. The second-order valence-corrected chi connectivity index (χ2v) is 16.0. The number of benzene rings is 8. The van der Waals surface area contributed by atoms with Crippen LogP contribution in [0.1, 0.15) is 0 Å². The van der Waals surface area contributed by atoms with Gasteiger partial charge in [0.05, 0.1) is 5.69 Å². The number of thiophene rings is 3. The van der Waals surface area contributed by atoms with E-state index in [-0.39, 0.29) is 0 Å². The monoisotopic (exact) mass is 689 g/mol. The second kappa shape index (κ2) is 11.0. The zero-order valence-corrected chi connectivity index (χ0v) is 29.2. The normalized spacial score (nSPS) is 12.0. The smallest absolute Gasteiger partial charge is 0.0555 e. The van der Waals surface area contributed by atoms with Crippen molar-refractivity contribution in [1.82, 2.24) is 0 Å². The molecule has 0 unspecified atom stereocenters. The van der Waals surface area contributed by atoms with Crippen molar-refractivity contribution in [3.8, 4) is 11.1 Å². The van der Waals surface area contributed by atoms with E-state index in [1.54, 1.807) is 0 Å². The first-order valence-corrected chi connectivity index (χ1v) is 19.3. The molecule has 3 aromatic heterocycles. The van der Waals surface area contributed by atoms with Crippen LogP contribution < -0.4 is 4.90 Å². The van der Waals surface area contributed by atoms with Gasteiger partial charge in [-0.1, -0.05) is 115 Å². The van der Waals surface area contributed by atoms with Crippen molar-refractivity contribution < 1.29 is 0 Å². The van der Waals surface area contributed by atoms with Gasteiger partial charge in [0.25, 0.3) is 0 Å². The molecule has 0 radical (unpaired) electrons. The maximum Gasteiger partial charge on any atom is 0.0555 e. The van der Waals surface area contributed by atoms with Crippen LogP contribution in [0, 0.1) is 0 Å². The van der Waals surface area contributed by atoms with Gasteiger partial charge in [-0.25, -0.2) is 0 Å². The average molecular weight is 690 g/mol. The van der Waals surface area contributed by atoms with Crippen molar-refractivity contribution in [1.29, 1.82) is 0 Å². The van der Waals surface area contributed by atoms with Crippen LogP contribution in [0.15, 0.2) is 164 Å². The second-order valence-electron chi connectivity index (χ2n) is 12.8. The van der Waals surface area contributed by atoms with E-state index in [1.807, 2.05) is 34.0 Å². The van der Waals surface area contributed by atoms with Gasteiger partial charge in [0.2, 0.25) is 0 Å². The topological polar surface area (TPSA) is 3.24 Å². The molecule has 0 amide bonds. The van der Waals surface area contributed by atoms with Crippen LogP contribution >= 0.6 is 34.0 Å². The summed E-state index contributed by atoms with van der Waals surface area (Å²) in [6.45, 7) is 0. The summed E-state index contributed by atoms with van der Waals surface area (Å²) in [5.41, 5.74) is 5.95. The van der Waals surface area contributed by atoms with Crippen molar-refractivity contribution in [2.24, 2.45) is 0 Å². The van der Waals surface area contributed by atoms with Crippen LogP contribution in [0.2, 0.25) is 0 Å². The van der Waals surface area contributed by atoms with Crippen molar-refractivity contribution in [3.05, 3.63) is 164 Å². The molecule has 3 heterocycles. The lowest BCUT2D eigenvalue weighted by atomic mass is 9.99. The minimum absolute atomic E-state index is 1.14. The van der Waals surface area contributed by atoms with E-state index >= 15 is 0 Å². The lowest BCUT2D eigenvalue weighted by molar-refractivity contribution is 1.31. The summed E-state index contributed by atoms with van der Waals surface area (Å²) in [5, 5.41) is 10.7. The largest absolute Gasteiger partial charge is 0.310 e. The van der Waals surface area contributed by atoms with E-state index in [0.29, 0.717) is 0 Å². The van der Waals surface area contributed by atoms with Crippen molar-refractivity contribution in [2.75, 3.05) is 4.90 Å². The Hall–Kier alpha value is -5.52. The zero-order valence-electron chi connectivity index (χ0n) is 26.8. The third-order valence-electron chi connectivity index (χ3n) is 10.1. The molecule has 11 rings (SSSR count). The Morgan fingerprint density at radius 3 is 1.74 bits per heavy atom. The molecule has 0 saturated heterocycles. The summed E-state index contributed by atoms with van der Waals surface area (Å²) in [6, 6.07) is 60.3. The molecular weight excluding hydrogens is 663 g/mol. The molecule has 0 saturated carbocycles. The molecule has 8 aromatic carbocycles. The molecule has 0 aliphatic carbocycles. The average Bonchev–Trinajstić information content (AvgIpc) is 3.87. The summed E-state index contributed by atoms with van der Waals surface area (Å²) < 4.78 is 8.00. The van der Waals surface area contributed by atoms with Crippen molar-refractivity contribution >= 4 is 122 Å². The first-order chi connectivity index (χ1) is 24.8. The molecule has 0 aliphatic rings. The minimum Gasteiger partial charge on any atom is -0.310 e. The van der Waals surface area contributed by atoms with Crippen molar-refractivity contribution in [2.45, 2.75) is 0 Å². The first kappa shape index (κ1) is 28.3. The van der Waals surface area contributed by atoms with Crippen LogP contribution in [-0.4, -0.2) is 0 Å². The Labute approximate surface area is 300 Å². The zero-order chi connectivity index (χ0) is 32.8. The Kier molecular flexibility index (Phi) is 6.23. The summed E-state index contributed by atoms with van der Waals surface area (Å²) in [7, 11) is 0. The molecule has 234 valence electrons. The Morgan fingerprint density at radius 1 is 0.320 bits per heavy atom. The summed E-state index contributed by atoms with van der Waals surface area (Å²) in [4.78, 5) is 2.49. The third-order valence-corrected chi connectivity index (χ3v) is 13.6. The molecule has 1 nitrogen and oxygen atoms in total. The highest BCUT2D eigenvalue weighted by Crippen LogP contribution is 2.53. The van der Waals surface area contributed by atoms with Crippen molar-refractivity contribution in [3.63, 3.8) is 0 Å². The first-order valence-electron chi connectivity index (χ1n) is 16.8. The van der Waals surface area contributed by atoms with Gasteiger partial charge in [-0.15, -0.1) is 34.0 Å². The number of hydrogen-bond acceptors (Lipinski definition) is 4. The number of hydrogen-bond donors (Lipinski definition) is 0. The highest BCUT2D eigenvalue weighted by Gasteiger charge is 2.23. The summed E-state index contributed by atoms with van der Waals surface area (Å²) in [6.07, 6.45) is 0. The van der Waals surface area contributed by atoms with Crippen LogP contribution in [0.25, 0.3) is 82.4 Å². The number of nitrogens with zero attached hydrogens (tertiary/aromatic N) is 1. The predicted octanol–water partition coefficient (Wildman–Crippen LogP) is 15.1. The van der Waals surface area contributed by atoms with E-state index in [9.17, 15) is 0 Å². The highest BCUT2D eigenvalue weighted by molar-refractivity contribution is 7.30. The number of rotatable bonds is 4. The molecule has 0 bridgehead atoms. The lowest BCUT2D eigenvalue weighted by Gasteiger charge is -2.27. The van der Waals surface area contributed by atoms with Crippen LogP contribution in [0.3, 0.4) is 0 Å². The molecule has 50 heavy (non-hydrogen) atoms. The number of fused-ring (bicyclic) bond motifs is 13. The molecule has 0 atom stereocenters. The quantitative estimate of drug-likeness (QED) is 0.178. The van der Waals surface area contributed by atoms with Gasteiger partial charge < -0.3 is 4.90 Å². The lowest BCUT2D eigenvalue weighted by Crippen LogP contribution is -2.10. The molecule has 0 aliphatic heterocycles. The van der Waals surface area contributed by atoms with E-state index < -0.39 is 0 Å². The van der Waals surface area contributed by atoms with Crippen LogP contribution in [0.5, 0.6) is 0 Å². The fraction of sp³-hybridized carbons (Fsp3) is 0. The van der Waals surface area contributed by atoms with E-state index in [1.165, 1.54) is 88.1 Å². The minimum atomic E-state index is 1.14. The Balaban J connectivity index is 1.23. The van der Waals surface area contributed by atoms with E-state index in [4.69, 9.17) is 0 Å². The SMILES string of the molecule is c1ccc(-c2ccc(N(c3ccc4c(c3)sc3ccccc34)c3cccc4sc5c6ccccc6c6c7ccccc7sc6c5c34)cc2)cc1. The predicted molar refractivity (Wildman–Crippen MR) is 223 cm³/mol. The summed E-state index contributed by atoms with van der Waals surface area (Å²) >= 11 is 5.73. The van der Waals surface area contributed by atoms with Gasteiger partial charge in [-0.2, -0.15) is 0 Å². The third kappa shape index (κ3) is 4.16. The standard InChI is InChI=1S/C46H27NS3/c1-2-11-28(12-3-1)29-21-23-30(24-22-29)47(31-25-26-33-32-13-6-8-18-38(32)48-41(33)27-31)37-17-10-20-40-43(37)44-45(50-40)35-15-5-4-14-34(35)42-36-16-7-9-19-39(36)49-46(42)44/h1-27H. The highest BCUT2D eigenvalue weighted by atomic mass is 32.1. The van der Waals surface area contributed by atoms with Gasteiger partial charge in [0, 0.05) is 77.3 Å². The van der Waals surface area contributed by atoms with Gasteiger partial charge in [0.1, 0.15) is 0 Å². The van der Waals surface area contributed by atoms with Crippen LogP contribution in [0.4, 0.5) is 17.1 Å². The number of anilines is 3. The van der Waals surface area contributed by atoms with Gasteiger partial charge >= 0.3 is 0 Å². The fourth-order valence-corrected chi connectivity index (χ4v) is 11.6. The Morgan fingerprint density at radius 2 is 0.920 bits per heavy atom. The van der Waals surface area contributed by atoms with E-state index in [0.717, 1.165) is 11.4 Å². The maximum absolute atomic E-state index is 2.49. The fourth-order valence-electron chi connectivity index (χ4n) is 7.83. The Bertz CT molecular complexity index is 3090. The molecule has 0 fully saturated rings. The maximum atomic E-state index is 2.49. The molecule has 4 heteroatoms. The van der Waals surface area contributed by atoms with Gasteiger partial charge in [-0.3, -0.25) is 0 Å². The molecule has 0 N–H and O–H groups in total. The van der Waals surface area contributed by atoms with Gasteiger partial charge in [0.15, 0.2) is 0 Å².